The van der Waals surface area contributed by atoms with Crippen molar-refractivity contribution in [1.29, 1.82) is 0 Å². The van der Waals surface area contributed by atoms with Gasteiger partial charge < -0.3 is 24.4 Å². The Hall–Kier alpha value is -3.68. The van der Waals surface area contributed by atoms with Gasteiger partial charge in [0.2, 0.25) is 0 Å². The smallest absolute Gasteiger partial charge is 0.310 e. The van der Waals surface area contributed by atoms with Gasteiger partial charge in [0, 0.05) is 43.4 Å². The number of carbonyl (C=O) groups excluding carboxylic acids is 1. The molecule has 2 N–H and O–H groups in total. The van der Waals surface area contributed by atoms with Crippen LogP contribution in [-0.4, -0.2) is 26.3 Å². The first-order valence-corrected chi connectivity index (χ1v) is 11.4. The van der Waals surface area contributed by atoms with Gasteiger partial charge in [0.1, 0.15) is 23.8 Å². The van der Waals surface area contributed by atoms with Crippen LogP contribution in [0.3, 0.4) is 0 Å². The Labute approximate surface area is 203 Å². The van der Waals surface area contributed by atoms with E-state index in [0.29, 0.717) is 54.0 Å². The molecule has 6 nitrogen and oxygen atoms in total. The number of ether oxygens (including phenoxy) is 3. The van der Waals surface area contributed by atoms with E-state index in [1.807, 2.05) is 36.4 Å². The molecule has 0 saturated carbocycles. The van der Waals surface area contributed by atoms with E-state index < -0.39 is 5.82 Å². The zero-order valence-electron chi connectivity index (χ0n) is 19.6. The highest BCUT2D eigenvalue weighted by Crippen LogP contribution is 2.34. The van der Waals surface area contributed by atoms with Crippen molar-refractivity contribution < 1.29 is 27.8 Å². The van der Waals surface area contributed by atoms with Crippen LogP contribution in [0.5, 0.6) is 5.75 Å². The number of rotatable bonds is 11. The summed E-state index contributed by atoms with van der Waals surface area (Å²) < 4.78 is 37.1. The van der Waals surface area contributed by atoms with E-state index in [1.54, 1.807) is 31.4 Å². The lowest BCUT2D eigenvalue weighted by molar-refractivity contribution is -0.143. The molecule has 0 amide bonds. The van der Waals surface area contributed by atoms with E-state index in [9.17, 15) is 4.79 Å². The molecular weight excluding hydrogens is 449 g/mol. The van der Waals surface area contributed by atoms with Crippen molar-refractivity contribution in [1.82, 2.24) is 0 Å². The molecule has 0 saturated heterocycles. The molecule has 0 spiro atoms. The van der Waals surface area contributed by atoms with Gasteiger partial charge in [0.25, 0.3) is 0 Å². The van der Waals surface area contributed by atoms with Gasteiger partial charge >= 0.3 is 5.97 Å². The Morgan fingerprint density at radius 3 is 2.71 bits per heavy atom. The third-order valence-corrected chi connectivity index (χ3v) is 5.67. The molecule has 0 bridgehead atoms. The molecule has 0 atom stereocenters. The SMILES string of the molecule is COCCCOC(=O)Cc1ccccc1OCc1cc(-c2cccc(CN)c2)c2occc2c1F. The van der Waals surface area contributed by atoms with Gasteiger partial charge in [-0.15, -0.1) is 0 Å². The van der Waals surface area contributed by atoms with Crippen LogP contribution in [0.15, 0.2) is 71.3 Å². The van der Waals surface area contributed by atoms with Gasteiger partial charge in [-0.25, -0.2) is 4.39 Å². The summed E-state index contributed by atoms with van der Waals surface area (Å²) >= 11 is 0. The number of esters is 1. The van der Waals surface area contributed by atoms with Crippen LogP contribution in [0.4, 0.5) is 4.39 Å². The minimum absolute atomic E-state index is 0.0174. The molecule has 7 heteroatoms. The Morgan fingerprint density at radius 2 is 1.89 bits per heavy atom. The summed E-state index contributed by atoms with van der Waals surface area (Å²) in [5.41, 5.74) is 9.93. The molecule has 0 radical (unpaired) electrons. The van der Waals surface area contributed by atoms with Crippen LogP contribution >= 0.6 is 0 Å². The number of benzene rings is 3. The molecule has 0 unspecified atom stereocenters. The number of halogens is 1. The third-order valence-electron chi connectivity index (χ3n) is 5.67. The Balaban J connectivity index is 1.55. The third kappa shape index (κ3) is 5.88. The second-order valence-electron chi connectivity index (χ2n) is 8.11. The van der Waals surface area contributed by atoms with Crippen molar-refractivity contribution in [3.63, 3.8) is 0 Å². The molecule has 0 fully saturated rings. The Bertz CT molecular complexity index is 1300. The highest BCUT2D eigenvalue weighted by molar-refractivity contribution is 5.93. The van der Waals surface area contributed by atoms with Crippen molar-refractivity contribution in [2.24, 2.45) is 5.73 Å². The molecule has 4 aromatic rings. The van der Waals surface area contributed by atoms with Crippen LogP contribution in [-0.2, 0) is 33.8 Å². The summed E-state index contributed by atoms with van der Waals surface area (Å²) in [5.74, 6) is -0.257. The van der Waals surface area contributed by atoms with Crippen molar-refractivity contribution in [3.8, 4) is 16.9 Å². The van der Waals surface area contributed by atoms with E-state index >= 15 is 4.39 Å². The summed E-state index contributed by atoms with van der Waals surface area (Å²) in [6, 6.07) is 18.3. The van der Waals surface area contributed by atoms with Crippen molar-refractivity contribution >= 4 is 16.9 Å². The van der Waals surface area contributed by atoms with E-state index in [2.05, 4.69) is 0 Å². The number of methoxy groups -OCH3 is 1. The fraction of sp³-hybridized carbons (Fsp3) is 0.250. The summed E-state index contributed by atoms with van der Waals surface area (Å²) in [4.78, 5) is 12.2. The number of fused-ring (bicyclic) bond motifs is 1. The van der Waals surface area contributed by atoms with Gasteiger partial charge in [-0.1, -0.05) is 36.4 Å². The predicted octanol–water partition coefficient (Wildman–Crippen LogP) is 5.40. The number of hydrogen-bond donors (Lipinski definition) is 1. The lowest BCUT2D eigenvalue weighted by Crippen LogP contribution is -2.11. The maximum absolute atomic E-state index is 15.3. The highest BCUT2D eigenvalue weighted by Gasteiger charge is 2.18. The molecule has 0 aliphatic carbocycles. The number of carbonyl (C=O) groups is 1. The Kier molecular flexibility index (Phi) is 8.13. The second kappa shape index (κ2) is 11.6. The first-order chi connectivity index (χ1) is 17.1. The molecular formula is C28H28FNO5. The molecule has 1 aromatic heterocycles. The topological polar surface area (TPSA) is 83.9 Å². The number of para-hydroxylation sites is 1. The lowest BCUT2D eigenvalue weighted by atomic mass is 9.98. The van der Waals surface area contributed by atoms with Gasteiger partial charge in [-0.2, -0.15) is 0 Å². The summed E-state index contributed by atoms with van der Waals surface area (Å²) in [6.45, 7) is 1.20. The average molecular weight is 478 g/mol. The Morgan fingerprint density at radius 1 is 1.03 bits per heavy atom. The fourth-order valence-corrected chi connectivity index (χ4v) is 3.89. The normalized spacial score (nSPS) is 11.1. The molecule has 182 valence electrons. The van der Waals surface area contributed by atoms with E-state index in [4.69, 9.17) is 24.4 Å². The summed E-state index contributed by atoms with van der Waals surface area (Å²) in [6.07, 6.45) is 2.17. The molecule has 1 heterocycles. The fourth-order valence-electron chi connectivity index (χ4n) is 3.89. The number of furan rings is 1. The molecule has 0 aliphatic heterocycles. The lowest BCUT2D eigenvalue weighted by Gasteiger charge is -2.14. The van der Waals surface area contributed by atoms with Crippen LogP contribution in [0, 0.1) is 5.82 Å². The van der Waals surface area contributed by atoms with E-state index in [-0.39, 0.29) is 19.0 Å². The summed E-state index contributed by atoms with van der Waals surface area (Å²) in [5, 5.41) is 0.382. The zero-order valence-corrected chi connectivity index (χ0v) is 19.6. The summed E-state index contributed by atoms with van der Waals surface area (Å²) in [7, 11) is 1.60. The number of nitrogens with two attached hydrogens (primary N) is 1. The van der Waals surface area contributed by atoms with E-state index in [1.165, 1.54) is 6.26 Å². The number of hydrogen-bond acceptors (Lipinski definition) is 6. The molecule has 4 rings (SSSR count). The van der Waals surface area contributed by atoms with Crippen LogP contribution < -0.4 is 10.5 Å². The van der Waals surface area contributed by atoms with Crippen molar-refractivity contribution in [2.45, 2.75) is 26.0 Å². The predicted molar refractivity (Wildman–Crippen MR) is 131 cm³/mol. The maximum atomic E-state index is 15.3. The van der Waals surface area contributed by atoms with Crippen LogP contribution in [0.1, 0.15) is 23.1 Å². The average Bonchev–Trinajstić information content (AvgIpc) is 3.38. The van der Waals surface area contributed by atoms with Gasteiger partial charge in [0.15, 0.2) is 0 Å². The standard InChI is InChI=1S/C28H28FNO5/c1-32-11-5-12-33-26(31)16-21-7-2-3-9-25(21)35-18-22-15-24(20-8-4-6-19(14-20)17-30)28-23(27(22)29)10-13-34-28/h2-4,6-10,13-15H,5,11-12,16-18,30H2,1H3. The molecule has 3 aromatic carbocycles. The second-order valence-corrected chi connectivity index (χ2v) is 8.11. The van der Waals surface area contributed by atoms with Gasteiger partial charge in [-0.3, -0.25) is 4.79 Å². The monoisotopic (exact) mass is 477 g/mol. The van der Waals surface area contributed by atoms with Gasteiger partial charge in [-0.05, 0) is 35.4 Å². The minimum atomic E-state index is -0.400. The van der Waals surface area contributed by atoms with Crippen LogP contribution in [0.2, 0.25) is 0 Å². The quantitative estimate of drug-likeness (QED) is 0.230. The molecule has 35 heavy (non-hydrogen) atoms. The largest absolute Gasteiger partial charge is 0.488 e. The van der Waals surface area contributed by atoms with Gasteiger partial charge in [0.05, 0.1) is 24.7 Å². The minimum Gasteiger partial charge on any atom is -0.488 e. The first-order valence-electron chi connectivity index (χ1n) is 11.4. The zero-order chi connectivity index (χ0) is 24.6. The van der Waals surface area contributed by atoms with Crippen LogP contribution in [0.25, 0.3) is 22.1 Å². The maximum Gasteiger partial charge on any atom is 0.310 e. The first kappa shape index (κ1) is 24.4. The van der Waals surface area contributed by atoms with Crippen molar-refractivity contribution in [3.05, 3.63) is 89.4 Å². The molecule has 0 aliphatic rings. The van der Waals surface area contributed by atoms with E-state index in [0.717, 1.165) is 16.7 Å². The van der Waals surface area contributed by atoms with Crippen molar-refractivity contribution in [2.75, 3.05) is 20.3 Å². The highest BCUT2D eigenvalue weighted by atomic mass is 19.1.